The van der Waals surface area contributed by atoms with E-state index in [1.54, 1.807) is 13.2 Å². The first-order valence-electron chi connectivity index (χ1n) is 7.34. The van der Waals surface area contributed by atoms with Gasteiger partial charge in [0.15, 0.2) is 0 Å². The molecule has 3 rings (SSSR count). The van der Waals surface area contributed by atoms with Crippen molar-refractivity contribution >= 4 is 11.9 Å². The summed E-state index contributed by atoms with van der Waals surface area (Å²) in [6.07, 6.45) is 1.18. The van der Waals surface area contributed by atoms with Crippen LogP contribution < -0.4 is 4.74 Å². The van der Waals surface area contributed by atoms with Crippen molar-refractivity contribution in [2.75, 3.05) is 13.7 Å². The van der Waals surface area contributed by atoms with Crippen LogP contribution in [0.4, 0.5) is 0 Å². The zero-order chi connectivity index (χ0) is 16.4. The first-order chi connectivity index (χ1) is 11.1. The van der Waals surface area contributed by atoms with Crippen molar-refractivity contribution in [3.8, 4) is 17.0 Å². The third kappa shape index (κ3) is 2.90. The van der Waals surface area contributed by atoms with E-state index in [1.807, 2.05) is 24.3 Å². The summed E-state index contributed by atoms with van der Waals surface area (Å²) in [5, 5.41) is 16.0. The lowest BCUT2D eigenvalue weighted by molar-refractivity contribution is -0.141. The summed E-state index contributed by atoms with van der Waals surface area (Å²) in [7, 11) is 1.59. The number of benzene rings is 1. The van der Waals surface area contributed by atoms with E-state index in [4.69, 9.17) is 4.74 Å². The highest BCUT2D eigenvalue weighted by molar-refractivity contribution is 5.96. The van der Waals surface area contributed by atoms with Gasteiger partial charge in [-0.05, 0) is 43.2 Å². The Kier molecular flexibility index (Phi) is 4.01. The Balaban J connectivity index is 1.80. The van der Waals surface area contributed by atoms with Gasteiger partial charge in [-0.3, -0.25) is 9.89 Å². The lowest BCUT2D eigenvalue weighted by Crippen LogP contribution is -2.40. The number of aliphatic carboxylic acids is 1. The molecule has 1 aromatic carbocycles. The van der Waals surface area contributed by atoms with E-state index >= 15 is 0 Å². The maximum Gasteiger partial charge on any atom is 0.326 e. The molecule has 1 atom stereocenters. The summed E-state index contributed by atoms with van der Waals surface area (Å²) >= 11 is 0. The van der Waals surface area contributed by atoms with Crippen molar-refractivity contribution in [3.05, 3.63) is 36.0 Å². The Bertz CT molecular complexity index is 723. The van der Waals surface area contributed by atoms with Gasteiger partial charge in [0.2, 0.25) is 0 Å². The molecule has 0 spiro atoms. The number of aromatic nitrogens is 2. The Hall–Kier alpha value is -2.83. The molecule has 2 N–H and O–H groups in total. The van der Waals surface area contributed by atoms with E-state index in [-0.39, 0.29) is 5.91 Å². The summed E-state index contributed by atoms with van der Waals surface area (Å²) in [5.74, 6) is -0.560. The van der Waals surface area contributed by atoms with Crippen molar-refractivity contribution < 1.29 is 19.4 Å². The molecule has 0 bridgehead atoms. The van der Waals surface area contributed by atoms with Crippen molar-refractivity contribution in [3.63, 3.8) is 0 Å². The summed E-state index contributed by atoms with van der Waals surface area (Å²) in [5.41, 5.74) is 1.77. The topological polar surface area (TPSA) is 95.5 Å². The first kappa shape index (κ1) is 15.1. The minimum atomic E-state index is -0.967. The summed E-state index contributed by atoms with van der Waals surface area (Å²) in [6, 6.07) is 8.20. The number of nitrogens with one attached hydrogen (secondary N) is 1. The number of likely N-dealkylation sites (tertiary alicyclic amines) is 1. The molecule has 0 radical (unpaired) electrons. The average Bonchev–Trinajstić information content (AvgIpc) is 3.23. The maximum atomic E-state index is 12.5. The molecule has 1 aliphatic heterocycles. The number of ether oxygens (including phenoxy) is 1. The van der Waals surface area contributed by atoms with Gasteiger partial charge in [0.25, 0.3) is 5.91 Å². The lowest BCUT2D eigenvalue weighted by Gasteiger charge is -2.20. The third-order valence-electron chi connectivity index (χ3n) is 3.99. The van der Waals surface area contributed by atoms with Crippen LogP contribution in [-0.2, 0) is 4.79 Å². The van der Waals surface area contributed by atoms with E-state index in [9.17, 15) is 14.7 Å². The molecular weight excluding hydrogens is 298 g/mol. The smallest absolute Gasteiger partial charge is 0.326 e. The van der Waals surface area contributed by atoms with Crippen LogP contribution in [0.2, 0.25) is 0 Å². The van der Waals surface area contributed by atoms with Gasteiger partial charge in [-0.2, -0.15) is 5.10 Å². The number of carboxylic acids is 1. The minimum Gasteiger partial charge on any atom is -0.497 e. The van der Waals surface area contributed by atoms with E-state index in [1.165, 1.54) is 4.90 Å². The second-order valence-electron chi connectivity index (χ2n) is 5.39. The van der Waals surface area contributed by atoms with Crippen LogP contribution in [0.1, 0.15) is 23.3 Å². The standard InChI is InChI=1S/C16H17N3O4/c1-23-11-6-4-10(5-7-11)12-9-13(18-17-12)15(20)19-8-2-3-14(19)16(21)22/h4-7,9,14H,2-3,8H2,1H3,(H,17,18)(H,21,22). The highest BCUT2D eigenvalue weighted by Gasteiger charge is 2.35. The van der Waals surface area contributed by atoms with Crippen molar-refractivity contribution in [1.82, 2.24) is 15.1 Å². The second kappa shape index (κ2) is 6.12. The quantitative estimate of drug-likeness (QED) is 0.896. The number of carbonyl (C=O) groups excluding carboxylic acids is 1. The molecule has 1 aliphatic rings. The Morgan fingerprint density at radius 1 is 1.35 bits per heavy atom. The molecule has 0 aliphatic carbocycles. The number of H-pyrrole nitrogens is 1. The minimum absolute atomic E-state index is 0.295. The number of hydrogen-bond donors (Lipinski definition) is 2. The van der Waals surface area contributed by atoms with E-state index < -0.39 is 12.0 Å². The molecule has 0 saturated carbocycles. The van der Waals surface area contributed by atoms with E-state index in [0.29, 0.717) is 30.8 Å². The van der Waals surface area contributed by atoms with Crippen molar-refractivity contribution in [2.24, 2.45) is 0 Å². The lowest BCUT2D eigenvalue weighted by atomic mass is 10.1. The van der Waals surface area contributed by atoms with Crippen LogP contribution in [0, 0.1) is 0 Å². The zero-order valence-corrected chi connectivity index (χ0v) is 12.7. The van der Waals surface area contributed by atoms with Crippen LogP contribution in [0.25, 0.3) is 11.3 Å². The average molecular weight is 315 g/mol. The van der Waals surface area contributed by atoms with Crippen LogP contribution in [0.15, 0.2) is 30.3 Å². The number of aromatic amines is 1. The molecule has 2 heterocycles. The normalized spacial score (nSPS) is 17.3. The van der Waals surface area contributed by atoms with Crippen molar-refractivity contribution in [1.29, 1.82) is 0 Å². The van der Waals surface area contributed by atoms with Crippen molar-refractivity contribution in [2.45, 2.75) is 18.9 Å². The summed E-state index contributed by atoms with van der Waals surface area (Å²) in [6.45, 7) is 0.451. The number of carbonyl (C=O) groups is 2. The number of hydrogen-bond acceptors (Lipinski definition) is 4. The van der Waals surface area contributed by atoms with Gasteiger partial charge in [0, 0.05) is 12.1 Å². The van der Waals surface area contributed by atoms with Crippen LogP contribution in [0.5, 0.6) is 5.75 Å². The number of methoxy groups -OCH3 is 1. The summed E-state index contributed by atoms with van der Waals surface area (Å²) < 4.78 is 5.11. The van der Waals surface area contributed by atoms with Gasteiger partial charge >= 0.3 is 5.97 Å². The fraction of sp³-hybridized carbons (Fsp3) is 0.312. The molecule has 120 valence electrons. The molecule has 1 saturated heterocycles. The molecule has 7 heteroatoms. The number of nitrogens with zero attached hydrogens (tertiary/aromatic N) is 2. The fourth-order valence-corrected chi connectivity index (χ4v) is 2.76. The molecule has 1 aromatic heterocycles. The Labute approximate surface area is 132 Å². The molecular formula is C16H17N3O4. The molecule has 23 heavy (non-hydrogen) atoms. The van der Waals surface area contributed by atoms with Crippen LogP contribution in [0.3, 0.4) is 0 Å². The predicted molar refractivity (Wildman–Crippen MR) is 82.3 cm³/mol. The number of amides is 1. The summed E-state index contributed by atoms with van der Waals surface area (Å²) in [4.78, 5) is 25.1. The van der Waals surface area contributed by atoms with Gasteiger partial charge in [0.1, 0.15) is 17.5 Å². The zero-order valence-electron chi connectivity index (χ0n) is 12.7. The van der Waals surface area contributed by atoms with Gasteiger partial charge in [-0.1, -0.05) is 0 Å². The monoisotopic (exact) mass is 315 g/mol. The fourth-order valence-electron chi connectivity index (χ4n) is 2.76. The van der Waals surface area contributed by atoms with E-state index in [0.717, 1.165) is 11.3 Å². The SMILES string of the molecule is COc1ccc(-c2cc(C(=O)N3CCCC3C(=O)O)[nH]n2)cc1. The Morgan fingerprint density at radius 2 is 2.09 bits per heavy atom. The number of rotatable bonds is 4. The highest BCUT2D eigenvalue weighted by atomic mass is 16.5. The van der Waals surface area contributed by atoms with Gasteiger partial charge in [-0.15, -0.1) is 0 Å². The predicted octanol–water partition coefficient (Wildman–Crippen LogP) is 1.77. The molecule has 1 amide bonds. The maximum absolute atomic E-state index is 12.5. The second-order valence-corrected chi connectivity index (χ2v) is 5.39. The number of carboxylic acid groups (broad SMARTS) is 1. The van der Waals surface area contributed by atoms with E-state index in [2.05, 4.69) is 10.2 Å². The first-order valence-corrected chi connectivity index (χ1v) is 7.34. The highest BCUT2D eigenvalue weighted by Crippen LogP contribution is 2.24. The van der Waals surface area contributed by atoms with Gasteiger partial charge in [-0.25, -0.2) is 4.79 Å². The largest absolute Gasteiger partial charge is 0.497 e. The molecule has 2 aromatic rings. The van der Waals surface area contributed by atoms with Gasteiger partial charge in [0.05, 0.1) is 12.8 Å². The van der Waals surface area contributed by atoms with Crippen LogP contribution >= 0.6 is 0 Å². The van der Waals surface area contributed by atoms with Gasteiger partial charge < -0.3 is 14.7 Å². The van der Waals surface area contributed by atoms with Crippen LogP contribution in [-0.4, -0.2) is 51.8 Å². The molecule has 7 nitrogen and oxygen atoms in total. The third-order valence-corrected chi connectivity index (χ3v) is 3.99. The molecule has 1 unspecified atom stereocenters. The molecule has 1 fully saturated rings. The Morgan fingerprint density at radius 3 is 2.74 bits per heavy atom.